The van der Waals surface area contributed by atoms with Gasteiger partial charge in [-0.3, -0.25) is 39.1 Å². The van der Waals surface area contributed by atoms with Crippen molar-refractivity contribution in [1.29, 1.82) is 0 Å². The van der Waals surface area contributed by atoms with Crippen molar-refractivity contribution in [3.8, 4) is 5.75 Å². The lowest BCUT2D eigenvalue weighted by molar-refractivity contribution is -0.384. The van der Waals surface area contributed by atoms with E-state index in [0.29, 0.717) is 35.6 Å². The highest BCUT2D eigenvalue weighted by molar-refractivity contribution is 5.95. The summed E-state index contributed by atoms with van der Waals surface area (Å²) in [7, 11) is 0. The summed E-state index contributed by atoms with van der Waals surface area (Å²) in [5.41, 5.74) is 16.7. The van der Waals surface area contributed by atoms with E-state index in [0.717, 1.165) is 79.8 Å². The number of primary amides is 2. The van der Waals surface area contributed by atoms with Gasteiger partial charge in [0.05, 0.1) is 4.92 Å². The summed E-state index contributed by atoms with van der Waals surface area (Å²) < 4.78 is 7.16. The van der Waals surface area contributed by atoms with Crippen LogP contribution in [0, 0.1) is 24.0 Å². The topological polar surface area (TPSA) is 288 Å². The fraction of sp³-hybridized carbons (Fsp3) is 0.423. The maximum Gasteiger partial charge on any atom is 0.440 e. The fourth-order valence-corrected chi connectivity index (χ4v) is 10.4. The molecular weight excluding hydrogens is 951 g/mol. The second kappa shape index (κ2) is 23.8. The Kier molecular flexibility index (Phi) is 17.4. The Balaban J connectivity index is 0.000000168. The molecule has 0 aliphatic carbocycles. The van der Waals surface area contributed by atoms with Gasteiger partial charge < -0.3 is 37.1 Å². The quantitative estimate of drug-likeness (QED) is 0.0798. The minimum Gasteiger partial charge on any atom is -0.409 e. The van der Waals surface area contributed by atoms with Gasteiger partial charge in [0.25, 0.3) is 5.69 Å². The number of hydrogen-bond donors (Lipinski definition) is 5. The van der Waals surface area contributed by atoms with Gasteiger partial charge in [0, 0.05) is 98.9 Å². The van der Waals surface area contributed by atoms with Crippen molar-refractivity contribution in [2.75, 3.05) is 49.9 Å². The molecule has 0 unspecified atom stereocenters. The number of likely N-dealkylation sites (tertiary alicyclic amines) is 3. The molecule has 7 N–H and O–H groups in total. The molecule has 392 valence electrons. The first-order valence-electron chi connectivity index (χ1n) is 24.8. The Morgan fingerprint density at radius 3 is 1.61 bits per heavy atom. The molecule has 5 amide bonds. The van der Waals surface area contributed by atoms with E-state index in [9.17, 15) is 38.9 Å². The molecule has 2 spiro atoms. The molecule has 74 heavy (non-hydrogen) atoms. The minimum absolute atomic E-state index is 0.0695. The maximum atomic E-state index is 12.9. The molecule has 5 aromatic rings. The van der Waals surface area contributed by atoms with Crippen LogP contribution in [0.4, 0.5) is 26.9 Å². The van der Waals surface area contributed by atoms with Crippen molar-refractivity contribution < 1.29 is 38.4 Å². The molecule has 0 radical (unpaired) electrons. The Hall–Kier alpha value is -7.82. The van der Waals surface area contributed by atoms with E-state index >= 15 is 0 Å². The molecule has 4 saturated heterocycles. The van der Waals surface area contributed by atoms with Crippen molar-refractivity contribution in [2.45, 2.75) is 103 Å². The zero-order valence-corrected chi connectivity index (χ0v) is 42.3. The third-order valence-corrected chi connectivity index (χ3v) is 14.3. The number of nitrogens with two attached hydrogens (primary N) is 2. The van der Waals surface area contributed by atoms with E-state index in [1.54, 1.807) is 12.3 Å². The summed E-state index contributed by atoms with van der Waals surface area (Å²) in [6.07, 6.45) is 11.2. The van der Waals surface area contributed by atoms with Gasteiger partial charge in [0.2, 0.25) is 23.6 Å². The Morgan fingerprint density at radius 1 is 0.662 bits per heavy atom. The highest BCUT2D eigenvalue weighted by atomic mass is 16.6. The lowest BCUT2D eigenvalue weighted by atomic mass is 9.84. The van der Waals surface area contributed by atoms with Crippen LogP contribution >= 0.6 is 0 Å². The average molecular weight is 1020 g/mol. The predicted molar refractivity (Wildman–Crippen MR) is 275 cm³/mol. The first-order valence-corrected chi connectivity index (χ1v) is 24.8. The number of piperidine rings is 2. The number of nitrogens with one attached hydrogen (secondary N) is 3. The van der Waals surface area contributed by atoms with Gasteiger partial charge in [0.1, 0.15) is 5.75 Å². The SMILES string of the molecule is CC(=O)Nc1ccn(C(=O)N2CCC3(CCCN3Cc3ccc(C)c(C(N)=O)c3)CC2)n1.CC(=O)Nc1ccn(C(=O)Oc2ccc([N+](=O)[O-])cc2)n1.Cc1ccc(CN2CCCC23CCNCC3)cc1C(N)=O. The smallest absolute Gasteiger partial charge is 0.409 e. The summed E-state index contributed by atoms with van der Waals surface area (Å²) in [4.78, 5) is 86.8. The van der Waals surface area contributed by atoms with Crippen molar-refractivity contribution in [3.05, 3.63) is 129 Å². The highest BCUT2D eigenvalue weighted by Crippen LogP contribution is 2.40. The van der Waals surface area contributed by atoms with Gasteiger partial charge in [-0.2, -0.15) is 9.36 Å². The molecule has 3 aromatic carbocycles. The molecule has 0 saturated carbocycles. The minimum atomic E-state index is -0.805. The first-order chi connectivity index (χ1) is 35.3. The molecule has 9 rings (SSSR count). The van der Waals surface area contributed by atoms with Crippen molar-refractivity contribution in [2.24, 2.45) is 11.5 Å². The molecule has 4 aliphatic heterocycles. The third-order valence-electron chi connectivity index (χ3n) is 14.3. The molecular formula is C52H65N13O9. The van der Waals surface area contributed by atoms with Gasteiger partial charge in [-0.15, -0.1) is 10.2 Å². The zero-order chi connectivity index (χ0) is 53.2. The lowest BCUT2D eigenvalue weighted by Gasteiger charge is -2.45. The van der Waals surface area contributed by atoms with Gasteiger partial charge >= 0.3 is 12.1 Å². The fourth-order valence-electron chi connectivity index (χ4n) is 10.4. The molecule has 22 heteroatoms. The lowest BCUT2D eigenvalue weighted by Crippen LogP contribution is -2.53. The van der Waals surface area contributed by atoms with E-state index in [2.05, 4.69) is 48.1 Å². The number of non-ortho nitro benzene ring substituents is 1. The molecule has 22 nitrogen and oxygen atoms in total. The Labute approximate surface area is 428 Å². The van der Waals surface area contributed by atoms with Crippen LogP contribution in [-0.2, 0) is 22.7 Å². The summed E-state index contributed by atoms with van der Waals surface area (Å²) in [6, 6.07) is 20.0. The summed E-state index contributed by atoms with van der Waals surface area (Å²) >= 11 is 0. The standard InChI is InChI=1S/C23H30N6O3.C17H25N3O.C12H10N4O5/c1-16-4-5-18(14-19(16)21(24)31)15-28-10-3-7-23(28)8-12-27(13-9-23)22(32)29-11-6-20(26-29)25-17(2)30;1-13-3-4-14(11-15(13)16(18)21)12-20-10-2-5-17(20)6-8-19-9-7-17;1-8(17)13-11-6-7-15(14-11)12(18)21-10-4-2-9(3-5-10)16(19)20/h4-6,11,14H,3,7-10,12-13,15H2,1-2H3,(H2,24,31)(H,25,26,30);3-4,11,19H,2,5-10,12H2,1H3,(H2,18,21);2-7H,1H3,(H,13,14,17). The monoisotopic (exact) mass is 1020 g/mol. The van der Waals surface area contributed by atoms with Crippen LogP contribution in [0.15, 0.2) is 85.2 Å². The molecule has 0 bridgehead atoms. The molecule has 4 fully saturated rings. The number of benzene rings is 3. The summed E-state index contributed by atoms with van der Waals surface area (Å²) in [6.45, 7) is 14.0. The number of aromatic nitrogens is 4. The van der Waals surface area contributed by atoms with Crippen LogP contribution in [-0.4, -0.2) is 125 Å². The number of amides is 5. The number of rotatable bonds is 10. The number of ether oxygens (including phenoxy) is 1. The molecule has 6 heterocycles. The van der Waals surface area contributed by atoms with E-state index in [1.807, 2.05) is 43.0 Å². The van der Waals surface area contributed by atoms with Gasteiger partial charge in [0.15, 0.2) is 11.6 Å². The Bertz CT molecular complexity index is 2860. The molecule has 2 aromatic heterocycles. The number of nitro groups is 1. The van der Waals surface area contributed by atoms with Crippen LogP contribution in [0.2, 0.25) is 0 Å². The number of carbonyl (C=O) groups excluding carboxylic acids is 6. The number of hydrogen-bond acceptors (Lipinski definition) is 14. The number of nitrogens with zero attached hydrogens (tertiary/aromatic N) is 8. The second-order valence-corrected chi connectivity index (χ2v) is 19.3. The van der Waals surface area contributed by atoms with Crippen LogP contribution < -0.4 is 32.2 Å². The van der Waals surface area contributed by atoms with Crippen LogP contribution in [0.25, 0.3) is 0 Å². The van der Waals surface area contributed by atoms with Crippen LogP contribution in [0.3, 0.4) is 0 Å². The van der Waals surface area contributed by atoms with Crippen LogP contribution in [0.5, 0.6) is 5.75 Å². The van der Waals surface area contributed by atoms with E-state index in [-0.39, 0.29) is 46.5 Å². The first kappa shape index (κ1) is 54.0. The Morgan fingerprint density at radius 2 is 1.14 bits per heavy atom. The largest absolute Gasteiger partial charge is 0.440 e. The number of aryl methyl sites for hydroxylation is 2. The predicted octanol–water partition coefficient (Wildman–Crippen LogP) is 5.96. The molecule has 4 aliphatic rings. The van der Waals surface area contributed by atoms with Crippen molar-refractivity contribution in [3.63, 3.8) is 0 Å². The number of anilines is 2. The van der Waals surface area contributed by atoms with Crippen LogP contribution in [0.1, 0.15) is 108 Å². The van der Waals surface area contributed by atoms with E-state index in [1.165, 1.54) is 92.8 Å². The average Bonchev–Trinajstić information content (AvgIpc) is 4.19. The molecule has 0 atom stereocenters. The highest BCUT2D eigenvalue weighted by Gasteiger charge is 2.44. The summed E-state index contributed by atoms with van der Waals surface area (Å²) in [5, 5.41) is 26.9. The second-order valence-electron chi connectivity index (χ2n) is 19.3. The van der Waals surface area contributed by atoms with Crippen molar-refractivity contribution in [1.82, 2.24) is 39.6 Å². The van der Waals surface area contributed by atoms with Gasteiger partial charge in [-0.05, 0) is 138 Å². The normalized spacial score (nSPS) is 16.8. The van der Waals surface area contributed by atoms with Crippen molar-refractivity contribution >= 4 is 53.1 Å². The maximum absolute atomic E-state index is 12.9. The number of carbonyl (C=O) groups is 6. The summed E-state index contributed by atoms with van der Waals surface area (Å²) in [5.74, 6) is -0.538. The van der Waals surface area contributed by atoms with Gasteiger partial charge in [-0.1, -0.05) is 24.3 Å². The number of nitro benzene ring substituents is 1. The third kappa shape index (κ3) is 13.4. The zero-order valence-electron chi connectivity index (χ0n) is 42.3. The van der Waals surface area contributed by atoms with E-state index in [4.69, 9.17) is 16.2 Å². The van der Waals surface area contributed by atoms with E-state index < -0.39 is 16.9 Å². The van der Waals surface area contributed by atoms with Gasteiger partial charge in [-0.25, -0.2) is 9.59 Å².